The molecule has 1 aromatic heterocycles. The van der Waals surface area contributed by atoms with Gasteiger partial charge in [0.25, 0.3) is 5.91 Å². The van der Waals surface area contributed by atoms with Gasteiger partial charge >= 0.3 is 5.69 Å². The van der Waals surface area contributed by atoms with Crippen LogP contribution in [0.15, 0.2) is 126 Å². The highest BCUT2D eigenvalue weighted by Crippen LogP contribution is 2.50. The van der Waals surface area contributed by atoms with Crippen molar-refractivity contribution in [3.8, 4) is 57.1 Å². The molecule has 18 atom stereocenters. The van der Waals surface area contributed by atoms with Crippen molar-refractivity contribution >= 4 is 99.9 Å². The van der Waals surface area contributed by atoms with Crippen molar-refractivity contribution in [1.29, 1.82) is 0 Å². The molecule has 9 amide bonds. The molecule has 0 saturated carbocycles. The molecule has 660 valence electrons. The zero-order chi connectivity index (χ0) is 89.6. The predicted molar refractivity (Wildman–Crippen MR) is 438 cm³/mol. The molecule has 8 heterocycles. The molecule has 0 spiro atoms. The van der Waals surface area contributed by atoms with E-state index in [0.29, 0.717) is 10.6 Å². The molecule has 124 heavy (non-hydrogen) atoms. The van der Waals surface area contributed by atoms with Crippen molar-refractivity contribution < 1.29 is 122 Å². The van der Waals surface area contributed by atoms with E-state index in [1.165, 1.54) is 55.1 Å². The highest BCUT2D eigenvalue weighted by Gasteiger charge is 2.52. The van der Waals surface area contributed by atoms with E-state index < -0.39 is 254 Å². The van der Waals surface area contributed by atoms with E-state index in [2.05, 4.69) is 58.3 Å². The number of aliphatic hydroxyl groups is 6. The fraction of sp³-hybridized carbons (Fsp3) is 0.378. The summed E-state index contributed by atoms with van der Waals surface area (Å²) >= 11 is 20.3. The van der Waals surface area contributed by atoms with Crippen molar-refractivity contribution in [1.82, 2.24) is 57.6 Å². The highest BCUT2D eigenvalue weighted by atomic mass is 35.5. The third-order valence-electron chi connectivity index (χ3n) is 21.3. The number of carbonyl (C=O) groups excluding carboxylic acids is 9. The van der Waals surface area contributed by atoms with Gasteiger partial charge in [-0.05, 0) is 145 Å². The number of aliphatic hydroxyl groups excluding tert-OH is 6. The number of hydrogen-bond donors (Lipinski definition) is 20. The van der Waals surface area contributed by atoms with Crippen LogP contribution < -0.4 is 79.0 Å². The Hall–Kier alpha value is -11.6. The van der Waals surface area contributed by atoms with E-state index in [9.17, 15) is 69.9 Å². The fourth-order valence-electron chi connectivity index (χ4n) is 14.9. The number of rotatable bonds is 21. The molecule has 0 aliphatic carbocycles. The van der Waals surface area contributed by atoms with Gasteiger partial charge in [0, 0.05) is 59.5 Å². The average molecular weight is 1780 g/mol. The monoisotopic (exact) mass is 1780 g/mol. The summed E-state index contributed by atoms with van der Waals surface area (Å²) in [6.07, 6.45) is -15.3. The molecule has 39 nitrogen and oxygen atoms in total. The molecule has 6 aromatic carbocycles. The van der Waals surface area contributed by atoms with Crippen molar-refractivity contribution in [3.63, 3.8) is 0 Å². The first-order chi connectivity index (χ1) is 58.9. The number of nitrogens with two attached hydrogens (primary N) is 1. The number of aromatic nitrogens is 2. The van der Waals surface area contributed by atoms with Crippen LogP contribution in [0.4, 0.5) is 5.82 Å². The Bertz CT molecular complexity index is 5340. The first-order valence-corrected chi connectivity index (χ1v) is 39.9. The number of nitrogens with zero attached hydrogens (tertiary/aromatic N) is 2. The van der Waals surface area contributed by atoms with Crippen LogP contribution in [-0.2, 0) is 68.7 Å². The lowest BCUT2D eigenvalue weighted by Crippen LogP contribution is -2.65. The molecule has 18 unspecified atom stereocenters. The zero-order valence-corrected chi connectivity index (χ0v) is 69.1. The van der Waals surface area contributed by atoms with E-state index in [4.69, 9.17) is 73.8 Å². The Morgan fingerprint density at radius 3 is 2.00 bits per heavy atom. The second kappa shape index (κ2) is 39.1. The molecule has 2 saturated heterocycles. The molecule has 11 bridgehead atoms. The summed E-state index contributed by atoms with van der Waals surface area (Å²) in [6, 6.07) is 7.67. The highest BCUT2D eigenvalue weighted by molar-refractivity contribution is 6.32. The third-order valence-corrected chi connectivity index (χ3v) is 22.1. The minimum absolute atomic E-state index is 0.0332. The number of phenolic OH excluding ortho intramolecular Hbond substituents is 3. The van der Waals surface area contributed by atoms with Gasteiger partial charge in [0.05, 0.1) is 48.4 Å². The van der Waals surface area contributed by atoms with Crippen LogP contribution in [0.2, 0.25) is 15.1 Å². The van der Waals surface area contributed by atoms with E-state index in [1.54, 1.807) is 31.2 Å². The number of phenols is 3. The van der Waals surface area contributed by atoms with E-state index >= 15 is 24.0 Å². The van der Waals surface area contributed by atoms with Gasteiger partial charge in [0.2, 0.25) is 59.3 Å². The molecule has 2 fully saturated rings. The lowest BCUT2D eigenvalue weighted by Gasteiger charge is -2.48. The van der Waals surface area contributed by atoms with Gasteiger partial charge in [-0.1, -0.05) is 79.0 Å². The zero-order valence-electron chi connectivity index (χ0n) is 66.8. The van der Waals surface area contributed by atoms with Crippen LogP contribution in [0, 0.1) is 5.92 Å². The number of likely N-dealkylation sites (N-methyl/N-ethyl adjacent to an activating group) is 1. The molecule has 42 heteroatoms. The number of ether oxygens (including phenoxy) is 6. The lowest BCUT2D eigenvalue weighted by atomic mass is 9.85. The first kappa shape index (κ1) is 91.6. The van der Waals surface area contributed by atoms with Crippen LogP contribution in [0.3, 0.4) is 0 Å². The SMILES string of the molecule is CNC(CC(C)C)C(=O)NC1C(=O)NC(CC(N)=O)C(=O)NC2C(=O)NC3C(=O)NC(C(=O)NC(C(=O)NOC)c4cc(O)cc(O)c4-c4cc3ccc4O)C(O)c3ccc(c(Cl)c3)Oc3cc2cc(c3OC2OC(CO)C(O)C(O)C2OC2CC(C)(NCCn3ccc(NC(=O)/C=C/c4ccc(Cl)cc4)nc3=O)C(O)C(C)O2)Oc2ccc(cc2Cl)C1O. The number of aromatic hydroxyl groups is 3. The Morgan fingerprint density at radius 1 is 0.726 bits per heavy atom. The van der Waals surface area contributed by atoms with Gasteiger partial charge in [0.1, 0.15) is 101 Å². The quantitative estimate of drug-likeness (QED) is 0.0361. The van der Waals surface area contributed by atoms with E-state index in [1.807, 2.05) is 13.8 Å². The number of primary amides is 1. The topological polar surface area (TPSA) is 582 Å². The van der Waals surface area contributed by atoms with Crippen LogP contribution in [-0.4, -0.2) is 215 Å². The maximum Gasteiger partial charge on any atom is 0.349 e. The second-order valence-corrected chi connectivity index (χ2v) is 31.8. The summed E-state index contributed by atoms with van der Waals surface area (Å²) in [7, 11) is 2.50. The number of amides is 9. The van der Waals surface area contributed by atoms with Gasteiger partial charge in [-0.2, -0.15) is 4.98 Å². The molecule has 7 aliphatic heterocycles. The number of nitrogens with one attached hydrogen (secondary N) is 10. The number of hydroxylamine groups is 1. The number of fused-ring (bicyclic) bond motifs is 15. The van der Waals surface area contributed by atoms with Crippen molar-refractivity contribution in [3.05, 3.63) is 180 Å². The number of anilines is 1. The number of carbonyl (C=O) groups is 9. The largest absolute Gasteiger partial charge is 0.508 e. The fourth-order valence-corrected chi connectivity index (χ4v) is 15.4. The standard InChI is InChI=1S/C82H90Cl3N13O26/c1-34(2)23-47(87-5)73(110)95-64-66(105)38-11-16-51(45(84)25-38)120-53-27-40-28-54(70(53)124-80-71(69(108)68(107)55(33-99)122-80)123-59-32-82(4,72(109)35(3)119-59)88-20-22-98-21-19-57(91-81(98)117)90-58(104)18-9-36-7-13-41(83)14-8-36)121-52-17-12-39(26-46(52)85)67(106)65-78(115)94-63(79(116)97-118-6)44-29-42(100)30-50(102)60(44)43-24-37(10-15-49(43)101)61(75(112)96-65)93-76(113)62(40)92-74(111)48(31-56(86)103)89-77(64)114/h7-19,21,24-30,34-35,47-48,55,59,61-69,71-72,80,87-88,99-102,105-109H,20,22-23,31-33H2,1-6H3,(H2,86,103)(H,89,114)(H,92,111)(H,93,113)(H,94,115)(H,95,110)(H,96,112)(H,97,116)(H,90,91,104,117)/b18-9+. The Labute approximate surface area is 720 Å². The van der Waals surface area contributed by atoms with Crippen LogP contribution in [0.5, 0.6) is 46.0 Å². The van der Waals surface area contributed by atoms with Crippen molar-refractivity contribution in [2.24, 2.45) is 11.7 Å². The van der Waals surface area contributed by atoms with Crippen molar-refractivity contribution in [2.45, 2.75) is 163 Å². The van der Waals surface area contributed by atoms with Gasteiger partial charge in [-0.15, -0.1) is 0 Å². The van der Waals surface area contributed by atoms with Crippen LogP contribution >= 0.6 is 34.8 Å². The Kier molecular flexibility index (Phi) is 28.8. The smallest absolute Gasteiger partial charge is 0.349 e. The molecule has 7 aromatic rings. The minimum Gasteiger partial charge on any atom is -0.508 e. The first-order valence-electron chi connectivity index (χ1n) is 38.8. The van der Waals surface area contributed by atoms with Gasteiger partial charge in [0.15, 0.2) is 23.9 Å². The number of halogens is 3. The van der Waals surface area contributed by atoms with E-state index in [-0.39, 0.29) is 60.1 Å². The van der Waals surface area contributed by atoms with Gasteiger partial charge < -0.3 is 128 Å². The molecular weight excluding hydrogens is 1690 g/mol. The lowest BCUT2D eigenvalue weighted by molar-refractivity contribution is -0.334. The summed E-state index contributed by atoms with van der Waals surface area (Å²) in [5, 5.41) is 130. The van der Waals surface area contributed by atoms with Crippen LogP contribution in [0.25, 0.3) is 17.2 Å². The minimum atomic E-state index is -2.39. The average Bonchev–Trinajstić information content (AvgIpc) is 0.764. The maximum atomic E-state index is 16.3. The maximum absolute atomic E-state index is 16.3. The summed E-state index contributed by atoms with van der Waals surface area (Å²) in [5.41, 5.74) is 3.72. The second-order valence-electron chi connectivity index (χ2n) is 30.5. The Balaban J connectivity index is 0.996. The predicted octanol–water partition coefficient (Wildman–Crippen LogP) is 1.89. The number of benzene rings is 6. The Morgan fingerprint density at radius 2 is 1.37 bits per heavy atom. The molecule has 14 rings (SSSR count). The summed E-state index contributed by atoms with van der Waals surface area (Å²) in [6.45, 7) is 5.61. The van der Waals surface area contributed by atoms with Gasteiger partial charge in [-0.3, -0.25) is 52.6 Å². The normalized spacial score (nSPS) is 26.1. The van der Waals surface area contributed by atoms with Crippen LogP contribution in [0.1, 0.15) is 111 Å². The summed E-state index contributed by atoms with van der Waals surface area (Å²) < 4.78 is 40.6. The number of hydrogen-bond acceptors (Lipinski definition) is 29. The van der Waals surface area contributed by atoms with Crippen molar-refractivity contribution in [2.75, 3.05) is 32.6 Å². The summed E-state index contributed by atoms with van der Waals surface area (Å²) in [5.74, 6) is -16.1. The van der Waals surface area contributed by atoms with Gasteiger partial charge in [-0.25, -0.2) is 10.3 Å². The van der Waals surface area contributed by atoms with E-state index in [0.717, 1.165) is 73.8 Å². The third kappa shape index (κ3) is 20.7. The molecule has 21 N–H and O–H groups in total. The summed E-state index contributed by atoms with van der Waals surface area (Å²) in [4.78, 5) is 155. The molecular formula is C82H90Cl3N13O26. The molecule has 7 aliphatic rings. The molecule has 0 radical (unpaired) electrons.